The van der Waals surface area contributed by atoms with Crippen LogP contribution in [0.15, 0.2) is 47.4 Å². The van der Waals surface area contributed by atoms with Crippen molar-refractivity contribution in [3.63, 3.8) is 0 Å². The molecule has 0 aromatic heterocycles. The lowest BCUT2D eigenvalue weighted by Gasteiger charge is -2.11. The number of amides is 1. The Labute approximate surface area is 156 Å². The molecule has 2 rings (SSSR count). The van der Waals surface area contributed by atoms with Crippen LogP contribution in [0, 0.1) is 11.6 Å². The Balaban J connectivity index is 1.93. The topological polar surface area (TPSA) is 84.5 Å². The van der Waals surface area contributed by atoms with Crippen molar-refractivity contribution >= 4 is 21.6 Å². The highest BCUT2D eigenvalue weighted by atomic mass is 32.2. The molecule has 0 bridgehead atoms. The molecule has 152 valence electrons. The van der Waals surface area contributed by atoms with E-state index >= 15 is 0 Å². The van der Waals surface area contributed by atoms with Gasteiger partial charge in [0.15, 0.2) is 18.2 Å². The van der Waals surface area contributed by atoms with E-state index in [1.54, 1.807) is 0 Å². The number of benzene rings is 2. The van der Waals surface area contributed by atoms with Crippen LogP contribution in [0.5, 0.6) is 5.75 Å². The minimum absolute atomic E-state index is 0.128. The predicted molar refractivity (Wildman–Crippen MR) is 88.2 cm³/mol. The zero-order chi connectivity index (χ0) is 20.9. The molecule has 0 heterocycles. The van der Waals surface area contributed by atoms with Gasteiger partial charge >= 0.3 is 6.18 Å². The molecular formula is C16H13F5N2O4S. The molecule has 6 nitrogen and oxygen atoms in total. The molecule has 0 saturated heterocycles. The fourth-order valence-corrected chi connectivity index (χ4v) is 2.92. The summed E-state index contributed by atoms with van der Waals surface area (Å²) in [6.07, 6.45) is -4.70. The van der Waals surface area contributed by atoms with Gasteiger partial charge in [0.05, 0.1) is 4.90 Å². The van der Waals surface area contributed by atoms with Gasteiger partial charge in [-0.3, -0.25) is 4.79 Å². The van der Waals surface area contributed by atoms with Gasteiger partial charge < -0.3 is 10.1 Å². The van der Waals surface area contributed by atoms with Crippen LogP contribution in [0.3, 0.4) is 0 Å². The van der Waals surface area contributed by atoms with E-state index in [2.05, 4.69) is 5.32 Å². The van der Waals surface area contributed by atoms with Crippen molar-refractivity contribution in [2.24, 2.45) is 0 Å². The summed E-state index contributed by atoms with van der Waals surface area (Å²) >= 11 is 0. The zero-order valence-corrected chi connectivity index (χ0v) is 14.7. The molecule has 2 aromatic rings. The lowest BCUT2D eigenvalue weighted by Crippen LogP contribution is -2.33. The van der Waals surface area contributed by atoms with E-state index < -0.39 is 51.8 Å². The maximum absolute atomic E-state index is 13.4. The normalized spacial score (nSPS) is 11.9. The summed E-state index contributed by atoms with van der Waals surface area (Å²) in [7, 11) is -4.37. The predicted octanol–water partition coefficient (Wildman–Crippen LogP) is 2.82. The van der Waals surface area contributed by atoms with E-state index in [4.69, 9.17) is 4.74 Å². The van der Waals surface area contributed by atoms with Crippen LogP contribution in [-0.2, 0) is 14.8 Å². The fraction of sp³-hybridized carbons (Fsp3) is 0.188. The van der Waals surface area contributed by atoms with Crippen molar-refractivity contribution in [2.45, 2.75) is 11.1 Å². The second kappa shape index (κ2) is 8.52. The van der Waals surface area contributed by atoms with Crippen LogP contribution in [0.25, 0.3) is 0 Å². The molecule has 12 heteroatoms. The Morgan fingerprint density at radius 2 is 1.68 bits per heavy atom. The number of carbonyl (C=O) groups is 1. The summed E-state index contributed by atoms with van der Waals surface area (Å²) in [4.78, 5) is 11.3. The summed E-state index contributed by atoms with van der Waals surface area (Å²) in [6.45, 7) is -2.33. The number of hydrogen-bond acceptors (Lipinski definition) is 4. The van der Waals surface area contributed by atoms with E-state index in [-0.39, 0.29) is 11.4 Å². The van der Waals surface area contributed by atoms with Crippen molar-refractivity contribution in [3.05, 3.63) is 54.1 Å². The Morgan fingerprint density at radius 1 is 1.04 bits per heavy atom. The minimum atomic E-state index is -4.70. The van der Waals surface area contributed by atoms with E-state index in [1.165, 1.54) is 4.72 Å². The molecule has 0 spiro atoms. The second-order valence-corrected chi connectivity index (χ2v) is 7.14. The molecule has 28 heavy (non-hydrogen) atoms. The summed E-state index contributed by atoms with van der Waals surface area (Å²) < 4.78 is 92.3. The van der Waals surface area contributed by atoms with Gasteiger partial charge in [0.25, 0.3) is 5.91 Å². The molecular weight excluding hydrogens is 411 g/mol. The summed E-state index contributed by atoms with van der Waals surface area (Å²) in [5.41, 5.74) is 0.128. The zero-order valence-electron chi connectivity index (χ0n) is 13.9. The van der Waals surface area contributed by atoms with Gasteiger partial charge in [0.1, 0.15) is 12.4 Å². The van der Waals surface area contributed by atoms with E-state index in [0.717, 1.165) is 36.4 Å². The smallest absolute Gasteiger partial charge is 0.402 e. The van der Waals surface area contributed by atoms with Crippen molar-refractivity contribution in [1.82, 2.24) is 4.72 Å². The molecule has 0 saturated carbocycles. The van der Waals surface area contributed by atoms with Gasteiger partial charge in [-0.1, -0.05) is 0 Å². The lowest BCUT2D eigenvalue weighted by atomic mass is 10.3. The van der Waals surface area contributed by atoms with Gasteiger partial charge in [-0.05, 0) is 36.4 Å². The third-order valence-electron chi connectivity index (χ3n) is 3.16. The SMILES string of the molecule is O=C(COc1ccc(F)cc1F)Nc1ccc(S(=O)(=O)NCC(F)(F)F)cc1. The first-order valence-corrected chi connectivity index (χ1v) is 8.99. The second-order valence-electron chi connectivity index (χ2n) is 5.38. The molecule has 0 aliphatic carbocycles. The van der Waals surface area contributed by atoms with Crippen molar-refractivity contribution in [1.29, 1.82) is 0 Å². The average molecular weight is 424 g/mol. The standard InChI is InChI=1S/C16H13F5N2O4S/c17-10-1-6-14(13(18)7-10)27-8-15(24)23-11-2-4-12(5-3-11)28(25,26)22-9-16(19,20)21/h1-7,22H,8-9H2,(H,23,24). The summed E-state index contributed by atoms with van der Waals surface area (Å²) in [6, 6.07) is 6.83. The Bertz CT molecular complexity index is 946. The van der Waals surface area contributed by atoms with Gasteiger partial charge in [0.2, 0.25) is 10.0 Å². The van der Waals surface area contributed by atoms with Gasteiger partial charge in [0, 0.05) is 11.8 Å². The average Bonchev–Trinajstić information content (AvgIpc) is 2.59. The Kier molecular flexibility index (Phi) is 6.56. The molecule has 0 unspecified atom stereocenters. The number of halogens is 5. The van der Waals surface area contributed by atoms with E-state index in [1.807, 2.05) is 0 Å². The molecule has 2 aromatic carbocycles. The molecule has 2 N–H and O–H groups in total. The number of hydrogen-bond donors (Lipinski definition) is 2. The third-order valence-corrected chi connectivity index (χ3v) is 4.58. The van der Waals surface area contributed by atoms with Gasteiger partial charge in [-0.2, -0.15) is 13.2 Å². The number of anilines is 1. The number of alkyl halides is 3. The van der Waals surface area contributed by atoms with Crippen molar-refractivity contribution < 1.29 is 39.9 Å². The van der Waals surface area contributed by atoms with Crippen LogP contribution in [0.1, 0.15) is 0 Å². The van der Waals surface area contributed by atoms with Crippen LogP contribution < -0.4 is 14.8 Å². The Hall–Kier alpha value is -2.73. The molecule has 0 fully saturated rings. The highest BCUT2D eigenvalue weighted by Gasteiger charge is 2.30. The van der Waals surface area contributed by atoms with Crippen molar-refractivity contribution in [2.75, 3.05) is 18.5 Å². The first-order valence-electron chi connectivity index (χ1n) is 7.50. The quantitative estimate of drug-likeness (QED) is 0.670. The number of ether oxygens (including phenoxy) is 1. The number of rotatable bonds is 7. The maximum atomic E-state index is 13.4. The Morgan fingerprint density at radius 3 is 2.25 bits per heavy atom. The van der Waals surface area contributed by atoms with E-state index in [0.29, 0.717) is 6.07 Å². The van der Waals surface area contributed by atoms with Crippen LogP contribution in [-0.4, -0.2) is 33.7 Å². The molecule has 1 amide bonds. The largest absolute Gasteiger partial charge is 0.481 e. The minimum Gasteiger partial charge on any atom is -0.481 e. The monoisotopic (exact) mass is 424 g/mol. The molecule has 0 aliphatic rings. The van der Waals surface area contributed by atoms with Gasteiger partial charge in [-0.15, -0.1) is 0 Å². The summed E-state index contributed by atoms with van der Waals surface area (Å²) in [5.74, 6) is -2.87. The molecule has 0 atom stereocenters. The third kappa shape index (κ3) is 6.46. The van der Waals surface area contributed by atoms with Crippen LogP contribution in [0.4, 0.5) is 27.6 Å². The molecule has 0 radical (unpaired) electrons. The van der Waals surface area contributed by atoms with Crippen molar-refractivity contribution in [3.8, 4) is 5.75 Å². The molecule has 0 aliphatic heterocycles. The van der Waals surface area contributed by atoms with Crippen LogP contribution >= 0.6 is 0 Å². The number of nitrogens with one attached hydrogen (secondary N) is 2. The lowest BCUT2D eigenvalue weighted by molar-refractivity contribution is -0.121. The fourth-order valence-electron chi connectivity index (χ4n) is 1.91. The first-order chi connectivity index (χ1) is 13.0. The van der Waals surface area contributed by atoms with E-state index in [9.17, 15) is 35.2 Å². The first kappa shape index (κ1) is 21.6. The van der Waals surface area contributed by atoms with Gasteiger partial charge in [-0.25, -0.2) is 21.9 Å². The highest BCUT2D eigenvalue weighted by Crippen LogP contribution is 2.19. The van der Waals surface area contributed by atoms with Crippen LogP contribution in [0.2, 0.25) is 0 Å². The number of carbonyl (C=O) groups excluding carboxylic acids is 1. The number of sulfonamides is 1. The maximum Gasteiger partial charge on any atom is 0.402 e. The highest BCUT2D eigenvalue weighted by molar-refractivity contribution is 7.89. The summed E-state index contributed by atoms with van der Waals surface area (Å²) in [5, 5.41) is 2.32.